The fourth-order valence-electron chi connectivity index (χ4n) is 1.65. The third-order valence-electron chi connectivity index (χ3n) is 2.87. The van der Waals surface area contributed by atoms with E-state index < -0.39 is 0 Å². The minimum Gasteiger partial charge on any atom is -0.265 e. The normalized spacial score (nSPS) is 10.8. The number of halogens is 1. The average Bonchev–Trinajstić information content (AvgIpc) is 2.47. The van der Waals surface area contributed by atoms with Crippen LogP contribution in [0.3, 0.4) is 0 Å². The topological polar surface area (TPSA) is 30.7 Å². The fourth-order valence-corrected chi connectivity index (χ4v) is 1.85. The molecule has 0 spiro atoms. The van der Waals surface area contributed by atoms with Crippen LogP contribution >= 0.6 is 11.6 Å². The summed E-state index contributed by atoms with van der Waals surface area (Å²) in [6.07, 6.45) is 1.72. The van der Waals surface area contributed by atoms with Gasteiger partial charge in [-0.15, -0.1) is 0 Å². The highest BCUT2D eigenvalue weighted by atomic mass is 35.5. The molecule has 0 saturated carbocycles. The van der Waals surface area contributed by atoms with Crippen molar-refractivity contribution in [1.82, 2.24) is 14.8 Å². The third-order valence-corrected chi connectivity index (χ3v) is 3.07. The van der Waals surface area contributed by atoms with Crippen molar-refractivity contribution in [3.63, 3.8) is 0 Å². The van der Waals surface area contributed by atoms with E-state index >= 15 is 0 Å². The predicted octanol–water partition coefficient (Wildman–Crippen LogP) is 2.91. The fraction of sp³-hybridized carbons (Fsp3) is 0.333. The minimum atomic E-state index is 0.524. The Kier molecular flexibility index (Phi) is 2.97. The summed E-state index contributed by atoms with van der Waals surface area (Å²) in [4.78, 5) is 3.96. The molecule has 0 N–H and O–H groups in total. The number of aryl methyl sites for hydroxylation is 1. The number of aromatic nitrogens is 3. The maximum absolute atomic E-state index is 5.85. The van der Waals surface area contributed by atoms with E-state index in [9.17, 15) is 0 Å². The summed E-state index contributed by atoms with van der Waals surface area (Å²) in [5.74, 6) is 0. The van der Waals surface area contributed by atoms with Gasteiger partial charge in [0.2, 0.25) is 0 Å². The van der Waals surface area contributed by atoms with Gasteiger partial charge in [-0.25, -0.2) is 4.98 Å². The van der Waals surface area contributed by atoms with E-state index in [4.69, 9.17) is 11.6 Å². The number of nitrogens with zero attached hydrogens (tertiary/aromatic N) is 3. The zero-order valence-electron chi connectivity index (χ0n) is 9.66. The molecule has 0 atom stereocenters. The molecule has 0 fully saturated rings. The number of hydrogen-bond acceptors (Lipinski definition) is 2. The van der Waals surface area contributed by atoms with E-state index in [1.165, 1.54) is 11.3 Å². The van der Waals surface area contributed by atoms with Gasteiger partial charge in [0.1, 0.15) is 5.15 Å². The van der Waals surface area contributed by atoms with Crippen LogP contribution in [-0.4, -0.2) is 14.8 Å². The molecule has 2 rings (SSSR count). The molecule has 0 unspecified atom stereocenters. The summed E-state index contributed by atoms with van der Waals surface area (Å²) in [5.41, 5.74) is 4.65. The van der Waals surface area contributed by atoms with Gasteiger partial charge in [0, 0.05) is 11.9 Å². The number of rotatable bonds is 2. The summed E-state index contributed by atoms with van der Waals surface area (Å²) in [7, 11) is 0. The Morgan fingerprint density at radius 1 is 1.31 bits per heavy atom. The van der Waals surface area contributed by atoms with Gasteiger partial charge in [-0.1, -0.05) is 11.6 Å². The Morgan fingerprint density at radius 2 is 2.06 bits per heavy atom. The van der Waals surface area contributed by atoms with Crippen molar-refractivity contribution in [2.75, 3.05) is 0 Å². The molecular weight excluding hydrogens is 222 g/mol. The molecule has 2 aromatic rings. The molecule has 0 saturated heterocycles. The first-order valence-electron chi connectivity index (χ1n) is 5.19. The molecule has 0 bridgehead atoms. The Balaban J connectivity index is 2.30. The first-order chi connectivity index (χ1) is 7.58. The van der Waals surface area contributed by atoms with E-state index in [2.05, 4.69) is 23.9 Å². The summed E-state index contributed by atoms with van der Waals surface area (Å²) in [6, 6.07) is 3.82. The van der Waals surface area contributed by atoms with Gasteiger partial charge in [0.05, 0.1) is 12.2 Å². The van der Waals surface area contributed by atoms with E-state index in [1.54, 1.807) is 6.20 Å². The predicted molar refractivity (Wildman–Crippen MR) is 64.8 cm³/mol. The minimum absolute atomic E-state index is 0.524. The zero-order valence-corrected chi connectivity index (χ0v) is 10.4. The molecule has 0 radical (unpaired) electrons. The van der Waals surface area contributed by atoms with Crippen LogP contribution in [0.15, 0.2) is 18.3 Å². The highest BCUT2D eigenvalue weighted by Gasteiger charge is 2.07. The first-order valence-corrected chi connectivity index (χ1v) is 5.57. The SMILES string of the molecule is Cc1nn(Cc2ccnc(Cl)c2)c(C)c1C. The quantitative estimate of drug-likeness (QED) is 0.750. The molecular formula is C12H14ClN3. The Bertz CT molecular complexity index is 517. The van der Waals surface area contributed by atoms with Crippen molar-refractivity contribution in [2.45, 2.75) is 27.3 Å². The van der Waals surface area contributed by atoms with Crippen molar-refractivity contribution in [3.05, 3.63) is 46.0 Å². The van der Waals surface area contributed by atoms with Crippen molar-refractivity contribution in [2.24, 2.45) is 0 Å². The van der Waals surface area contributed by atoms with E-state index in [1.807, 2.05) is 23.7 Å². The highest BCUT2D eigenvalue weighted by Crippen LogP contribution is 2.14. The van der Waals surface area contributed by atoms with Crippen molar-refractivity contribution >= 4 is 11.6 Å². The molecule has 0 aliphatic carbocycles. The highest BCUT2D eigenvalue weighted by molar-refractivity contribution is 6.29. The second-order valence-corrected chi connectivity index (χ2v) is 4.33. The van der Waals surface area contributed by atoms with Crippen LogP contribution in [0.5, 0.6) is 0 Å². The molecule has 3 nitrogen and oxygen atoms in total. The lowest BCUT2D eigenvalue weighted by Gasteiger charge is -2.04. The second-order valence-electron chi connectivity index (χ2n) is 3.94. The number of pyridine rings is 1. The summed E-state index contributed by atoms with van der Waals surface area (Å²) in [6.45, 7) is 6.94. The molecule has 0 aromatic carbocycles. The lowest BCUT2D eigenvalue weighted by atomic mass is 10.2. The van der Waals surface area contributed by atoms with Crippen LogP contribution in [0.25, 0.3) is 0 Å². The Morgan fingerprint density at radius 3 is 2.62 bits per heavy atom. The lowest BCUT2D eigenvalue weighted by molar-refractivity contribution is 0.658. The molecule has 84 valence electrons. The number of hydrogen-bond donors (Lipinski definition) is 0. The lowest BCUT2D eigenvalue weighted by Crippen LogP contribution is -2.04. The van der Waals surface area contributed by atoms with Crippen LogP contribution in [0, 0.1) is 20.8 Å². The molecule has 4 heteroatoms. The molecule has 0 aliphatic heterocycles. The maximum atomic E-state index is 5.85. The van der Waals surface area contributed by atoms with Crippen LogP contribution in [0.1, 0.15) is 22.5 Å². The molecule has 2 aromatic heterocycles. The van der Waals surface area contributed by atoms with Crippen LogP contribution < -0.4 is 0 Å². The van der Waals surface area contributed by atoms with Gasteiger partial charge in [-0.2, -0.15) is 5.10 Å². The smallest absolute Gasteiger partial charge is 0.129 e. The van der Waals surface area contributed by atoms with Gasteiger partial charge >= 0.3 is 0 Å². The van der Waals surface area contributed by atoms with Crippen molar-refractivity contribution < 1.29 is 0 Å². The molecule has 0 aliphatic rings. The Hall–Kier alpha value is -1.35. The van der Waals surface area contributed by atoms with Gasteiger partial charge in [-0.05, 0) is 44.0 Å². The van der Waals surface area contributed by atoms with Gasteiger partial charge < -0.3 is 0 Å². The molecule has 0 amide bonds. The zero-order chi connectivity index (χ0) is 11.7. The average molecular weight is 236 g/mol. The summed E-state index contributed by atoms with van der Waals surface area (Å²) in [5, 5.41) is 5.01. The van der Waals surface area contributed by atoms with E-state index in [0.29, 0.717) is 5.15 Å². The van der Waals surface area contributed by atoms with E-state index in [-0.39, 0.29) is 0 Å². The third kappa shape index (κ3) is 2.09. The monoisotopic (exact) mass is 235 g/mol. The first kappa shape index (κ1) is 11.1. The van der Waals surface area contributed by atoms with Gasteiger partial charge in [0.15, 0.2) is 0 Å². The van der Waals surface area contributed by atoms with Gasteiger partial charge in [0.25, 0.3) is 0 Å². The molecule has 2 heterocycles. The van der Waals surface area contributed by atoms with Crippen molar-refractivity contribution in [3.8, 4) is 0 Å². The summed E-state index contributed by atoms with van der Waals surface area (Å²) < 4.78 is 2.00. The van der Waals surface area contributed by atoms with Crippen LogP contribution in [-0.2, 0) is 6.54 Å². The van der Waals surface area contributed by atoms with Crippen molar-refractivity contribution in [1.29, 1.82) is 0 Å². The Labute approximate surface area is 100 Å². The van der Waals surface area contributed by atoms with Gasteiger partial charge in [-0.3, -0.25) is 4.68 Å². The molecule has 16 heavy (non-hydrogen) atoms. The standard InChI is InChI=1S/C12H14ClN3/c1-8-9(2)15-16(10(8)3)7-11-4-5-14-12(13)6-11/h4-6H,7H2,1-3H3. The van der Waals surface area contributed by atoms with E-state index in [0.717, 1.165) is 17.8 Å². The maximum Gasteiger partial charge on any atom is 0.129 e. The summed E-state index contributed by atoms with van der Waals surface area (Å²) >= 11 is 5.85. The van der Waals surface area contributed by atoms with Crippen LogP contribution in [0.4, 0.5) is 0 Å². The second kappa shape index (κ2) is 4.26. The largest absolute Gasteiger partial charge is 0.265 e. The van der Waals surface area contributed by atoms with Crippen LogP contribution in [0.2, 0.25) is 5.15 Å².